The predicted octanol–water partition coefficient (Wildman–Crippen LogP) is 3.88. The van der Waals surface area contributed by atoms with Crippen molar-refractivity contribution in [3.05, 3.63) is 59.7 Å². The lowest BCUT2D eigenvalue weighted by molar-refractivity contribution is -0.274. The summed E-state index contributed by atoms with van der Waals surface area (Å²) < 4.78 is 41.1. The number of hydrogen-bond donors (Lipinski definition) is 2. The Morgan fingerprint density at radius 2 is 1.69 bits per heavy atom. The second kappa shape index (κ2) is 9.91. The van der Waals surface area contributed by atoms with Crippen molar-refractivity contribution in [2.75, 3.05) is 12.3 Å². The second-order valence-electron chi connectivity index (χ2n) is 5.50. The molecule has 26 heavy (non-hydrogen) atoms. The number of aryl methyl sites for hydroxylation is 1. The molecule has 0 saturated carbocycles. The van der Waals surface area contributed by atoms with Crippen molar-refractivity contribution >= 4 is 24.0 Å². The third-order valence-corrected chi connectivity index (χ3v) is 3.54. The maximum absolute atomic E-state index is 12.4. The van der Waals surface area contributed by atoms with Crippen LogP contribution in [0.25, 0.3) is 0 Å². The van der Waals surface area contributed by atoms with E-state index in [1.165, 1.54) is 18.2 Å². The van der Waals surface area contributed by atoms with E-state index in [-0.39, 0.29) is 36.9 Å². The molecule has 0 fully saturated rings. The topological polar surface area (TPSA) is 64.3 Å². The molecule has 142 valence electrons. The van der Waals surface area contributed by atoms with Crippen molar-refractivity contribution in [1.29, 1.82) is 0 Å². The number of anilines is 1. The SMILES string of the molecule is Cl.Nc1ccc(CCNC(=O)CCc2ccccc2OC(F)(F)F)cc1. The van der Waals surface area contributed by atoms with Gasteiger partial charge in [-0.2, -0.15) is 0 Å². The monoisotopic (exact) mass is 388 g/mol. The van der Waals surface area contributed by atoms with Gasteiger partial charge in [0.05, 0.1) is 0 Å². The molecular weight excluding hydrogens is 369 g/mol. The van der Waals surface area contributed by atoms with Gasteiger partial charge in [0.1, 0.15) is 5.75 Å². The van der Waals surface area contributed by atoms with E-state index in [0.717, 1.165) is 5.56 Å². The third kappa shape index (κ3) is 7.65. The maximum atomic E-state index is 12.4. The summed E-state index contributed by atoms with van der Waals surface area (Å²) in [5, 5.41) is 2.75. The van der Waals surface area contributed by atoms with Gasteiger partial charge in [0.25, 0.3) is 0 Å². The average molecular weight is 389 g/mol. The van der Waals surface area contributed by atoms with Crippen LogP contribution in [-0.2, 0) is 17.6 Å². The Hall–Kier alpha value is -2.41. The zero-order valence-electron chi connectivity index (χ0n) is 13.9. The number of carbonyl (C=O) groups excluding carboxylic acids is 1. The summed E-state index contributed by atoms with van der Waals surface area (Å²) in [6, 6.07) is 13.2. The molecule has 2 aromatic carbocycles. The number of amides is 1. The van der Waals surface area contributed by atoms with Crippen LogP contribution in [-0.4, -0.2) is 18.8 Å². The zero-order valence-corrected chi connectivity index (χ0v) is 14.7. The molecule has 0 aromatic heterocycles. The van der Waals surface area contributed by atoms with Gasteiger partial charge in [-0.3, -0.25) is 4.79 Å². The first kappa shape index (κ1) is 21.6. The Balaban J connectivity index is 0.00000338. The molecule has 0 radical (unpaired) electrons. The Kier molecular flexibility index (Phi) is 8.25. The van der Waals surface area contributed by atoms with Crippen molar-refractivity contribution in [3.8, 4) is 5.75 Å². The largest absolute Gasteiger partial charge is 0.573 e. The van der Waals surface area contributed by atoms with Gasteiger partial charge in [-0.05, 0) is 42.2 Å². The molecule has 0 heterocycles. The standard InChI is InChI=1S/C18H19F3N2O2.ClH/c19-18(20,21)25-16-4-2-1-3-14(16)7-10-17(24)23-12-11-13-5-8-15(22)9-6-13;/h1-6,8-9H,7,10-12,22H2,(H,23,24);1H. The highest BCUT2D eigenvalue weighted by Gasteiger charge is 2.31. The highest BCUT2D eigenvalue weighted by Crippen LogP contribution is 2.26. The lowest BCUT2D eigenvalue weighted by Crippen LogP contribution is -2.26. The van der Waals surface area contributed by atoms with Crippen LogP contribution in [0.1, 0.15) is 17.5 Å². The van der Waals surface area contributed by atoms with E-state index < -0.39 is 6.36 Å². The van der Waals surface area contributed by atoms with Gasteiger partial charge in [-0.1, -0.05) is 30.3 Å². The third-order valence-electron chi connectivity index (χ3n) is 3.54. The first-order valence-corrected chi connectivity index (χ1v) is 7.78. The Bertz CT molecular complexity index is 706. The minimum atomic E-state index is -4.75. The van der Waals surface area contributed by atoms with Gasteiger partial charge >= 0.3 is 6.36 Å². The van der Waals surface area contributed by atoms with E-state index in [4.69, 9.17) is 5.73 Å². The van der Waals surface area contributed by atoms with Gasteiger partial charge in [-0.15, -0.1) is 25.6 Å². The lowest BCUT2D eigenvalue weighted by atomic mass is 10.1. The van der Waals surface area contributed by atoms with E-state index in [9.17, 15) is 18.0 Å². The molecule has 0 aliphatic carbocycles. The number of carbonyl (C=O) groups is 1. The number of nitrogens with two attached hydrogens (primary N) is 1. The maximum Gasteiger partial charge on any atom is 0.573 e. The minimum Gasteiger partial charge on any atom is -0.406 e. The van der Waals surface area contributed by atoms with Crippen LogP contribution in [0.5, 0.6) is 5.75 Å². The summed E-state index contributed by atoms with van der Waals surface area (Å²) in [5.41, 5.74) is 7.65. The summed E-state index contributed by atoms with van der Waals surface area (Å²) in [6.45, 7) is 0.448. The summed E-state index contributed by atoms with van der Waals surface area (Å²) in [4.78, 5) is 11.9. The van der Waals surface area contributed by atoms with E-state index in [0.29, 0.717) is 24.2 Å². The Morgan fingerprint density at radius 1 is 1.04 bits per heavy atom. The van der Waals surface area contributed by atoms with Crippen LogP contribution < -0.4 is 15.8 Å². The highest BCUT2D eigenvalue weighted by atomic mass is 35.5. The van der Waals surface area contributed by atoms with Gasteiger partial charge in [-0.25, -0.2) is 0 Å². The number of nitrogens with one attached hydrogen (secondary N) is 1. The summed E-state index contributed by atoms with van der Waals surface area (Å²) in [6.07, 6.45) is -3.85. The fraction of sp³-hybridized carbons (Fsp3) is 0.278. The fourth-order valence-corrected chi connectivity index (χ4v) is 2.30. The summed E-state index contributed by atoms with van der Waals surface area (Å²) >= 11 is 0. The van der Waals surface area contributed by atoms with E-state index in [1.807, 2.05) is 12.1 Å². The normalized spacial score (nSPS) is 10.7. The minimum absolute atomic E-state index is 0. The van der Waals surface area contributed by atoms with E-state index in [2.05, 4.69) is 10.1 Å². The van der Waals surface area contributed by atoms with E-state index >= 15 is 0 Å². The van der Waals surface area contributed by atoms with Gasteiger partial charge < -0.3 is 15.8 Å². The Labute approximate surface area is 155 Å². The molecule has 0 atom stereocenters. The number of para-hydroxylation sites is 1. The molecule has 1 amide bonds. The number of ether oxygens (including phenoxy) is 1. The van der Waals surface area contributed by atoms with Crippen molar-refractivity contribution in [2.45, 2.75) is 25.6 Å². The predicted molar refractivity (Wildman–Crippen MR) is 96.3 cm³/mol. The number of alkyl halides is 3. The van der Waals surface area contributed by atoms with Crippen LogP contribution in [0, 0.1) is 0 Å². The molecule has 0 aliphatic heterocycles. The summed E-state index contributed by atoms with van der Waals surface area (Å²) in [7, 11) is 0. The van der Waals surface area contributed by atoms with E-state index in [1.54, 1.807) is 18.2 Å². The smallest absolute Gasteiger partial charge is 0.406 e. The fourth-order valence-electron chi connectivity index (χ4n) is 2.30. The van der Waals surface area contributed by atoms with Crippen LogP contribution in [0.4, 0.5) is 18.9 Å². The van der Waals surface area contributed by atoms with Crippen LogP contribution in [0.2, 0.25) is 0 Å². The molecule has 0 bridgehead atoms. The lowest BCUT2D eigenvalue weighted by Gasteiger charge is -2.13. The van der Waals surface area contributed by atoms with Gasteiger partial charge in [0.15, 0.2) is 0 Å². The number of halogens is 4. The molecule has 0 spiro atoms. The van der Waals surface area contributed by atoms with Crippen molar-refractivity contribution in [3.63, 3.8) is 0 Å². The summed E-state index contributed by atoms with van der Waals surface area (Å²) in [5.74, 6) is -0.498. The average Bonchev–Trinajstić information content (AvgIpc) is 2.54. The van der Waals surface area contributed by atoms with Gasteiger partial charge in [0.2, 0.25) is 5.91 Å². The quantitative estimate of drug-likeness (QED) is 0.707. The molecule has 2 aromatic rings. The van der Waals surface area contributed by atoms with Crippen molar-refractivity contribution < 1.29 is 22.7 Å². The molecular formula is C18H20ClF3N2O2. The molecule has 8 heteroatoms. The van der Waals surface area contributed by atoms with Crippen LogP contribution >= 0.6 is 12.4 Å². The second-order valence-corrected chi connectivity index (χ2v) is 5.50. The molecule has 4 nitrogen and oxygen atoms in total. The number of rotatable bonds is 7. The van der Waals surface area contributed by atoms with Crippen LogP contribution in [0.3, 0.4) is 0 Å². The Morgan fingerprint density at radius 3 is 2.35 bits per heavy atom. The number of benzene rings is 2. The molecule has 0 unspecified atom stereocenters. The number of nitrogen functional groups attached to an aromatic ring is 1. The first-order valence-electron chi connectivity index (χ1n) is 7.78. The van der Waals surface area contributed by atoms with Crippen LogP contribution in [0.15, 0.2) is 48.5 Å². The van der Waals surface area contributed by atoms with Crippen molar-refractivity contribution in [2.24, 2.45) is 0 Å². The molecule has 3 N–H and O–H groups in total. The molecule has 0 saturated heterocycles. The van der Waals surface area contributed by atoms with Crippen molar-refractivity contribution in [1.82, 2.24) is 5.32 Å². The highest BCUT2D eigenvalue weighted by molar-refractivity contribution is 5.85. The van der Waals surface area contributed by atoms with Gasteiger partial charge in [0, 0.05) is 18.7 Å². The zero-order chi connectivity index (χ0) is 18.3. The molecule has 0 aliphatic rings. The first-order chi connectivity index (χ1) is 11.8. The molecule has 2 rings (SSSR count). The number of hydrogen-bond acceptors (Lipinski definition) is 3.